The molecule has 0 bridgehead atoms. The molecule has 2 N–H and O–H groups in total. The first-order valence-corrected chi connectivity index (χ1v) is 5.83. The molecule has 1 aliphatic carbocycles. The van der Waals surface area contributed by atoms with Crippen LogP contribution in [0.15, 0.2) is 0 Å². The van der Waals surface area contributed by atoms with Crippen LogP contribution in [0.3, 0.4) is 0 Å². The molecule has 0 amide bonds. The Labute approximate surface area is 86.6 Å². The average Bonchev–Trinajstić information content (AvgIpc) is 2.65. The maximum Gasteiger partial charge on any atom is 0.0726 e. The van der Waals surface area contributed by atoms with Crippen molar-refractivity contribution in [3.05, 3.63) is 0 Å². The van der Waals surface area contributed by atoms with Gasteiger partial charge in [-0.3, -0.25) is 4.90 Å². The van der Waals surface area contributed by atoms with Crippen molar-refractivity contribution in [1.29, 1.82) is 0 Å². The summed E-state index contributed by atoms with van der Waals surface area (Å²) in [5.41, 5.74) is 6.00. The molecule has 0 aromatic carbocycles. The topological polar surface area (TPSA) is 38.5 Å². The van der Waals surface area contributed by atoms with Gasteiger partial charge in [-0.05, 0) is 38.6 Å². The Kier molecular flexibility index (Phi) is 3.42. The molecule has 3 unspecified atom stereocenters. The van der Waals surface area contributed by atoms with Crippen LogP contribution in [0, 0.1) is 0 Å². The molecule has 14 heavy (non-hydrogen) atoms. The highest BCUT2D eigenvalue weighted by atomic mass is 16.5. The Morgan fingerprint density at radius 2 is 2.07 bits per heavy atom. The van der Waals surface area contributed by atoms with Crippen molar-refractivity contribution in [3.8, 4) is 0 Å². The van der Waals surface area contributed by atoms with E-state index in [0.717, 1.165) is 6.54 Å². The van der Waals surface area contributed by atoms with E-state index in [2.05, 4.69) is 4.90 Å². The molecule has 2 aliphatic rings. The van der Waals surface area contributed by atoms with Crippen molar-refractivity contribution in [1.82, 2.24) is 4.90 Å². The first kappa shape index (κ1) is 10.4. The first-order chi connectivity index (χ1) is 6.81. The summed E-state index contributed by atoms with van der Waals surface area (Å²) >= 11 is 0. The van der Waals surface area contributed by atoms with Crippen LogP contribution in [-0.2, 0) is 4.74 Å². The van der Waals surface area contributed by atoms with Gasteiger partial charge in [-0.2, -0.15) is 0 Å². The number of nitrogens with two attached hydrogens (primary N) is 1. The van der Waals surface area contributed by atoms with Crippen LogP contribution in [0.25, 0.3) is 0 Å². The summed E-state index contributed by atoms with van der Waals surface area (Å²) in [6.45, 7) is 2.29. The van der Waals surface area contributed by atoms with Gasteiger partial charge in [0, 0.05) is 25.7 Å². The Morgan fingerprint density at radius 1 is 1.21 bits per heavy atom. The van der Waals surface area contributed by atoms with Gasteiger partial charge in [-0.15, -0.1) is 0 Å². The van der Waals surface area contributed by atoms with Crippen molar-refractivity contribution >= 4 is 0 Å². The molecule has 0 radical (unpaired) electrons. The Balaban J connectivity index is 1.92. The molecule has 3 atom stereocenters. The number of hydrogen-bond acceptors (Lipinski definition) is 3. The minimum atomic E-state index is 0.391. The molecule has 1 aliphatic heterocycles. The van der Waals surface area contributed by atoms with Gasteiger partial charge in [0.25, 0.3) is 0 Å². The highest BCUT2D eigenvalue weighted by Gasteiger charge is 2.33. The molecule has 1 heterocycles. The summed E-state index contributed by atoms with van der Waals surface area (Å²) in [5.74, 6) is 0. The molecule has 82 valence electrons. The second-order valence-electron chi connectivity index (χ2n) is 4.67. The lowest BCUT2D eigenvalue weighted by Gasteiger charge is -2.37. The first-order valence-electron chi connectivity index (χ1n) is 5.83. The van der Waals surface area contributed by atoms with Gasteiger partial charge in [-0.25, -0.2) is 0 Å². The van der Waals surface area contributed by atoms with Crippen molar-refractivity contribution in [2.24, 2.45) is 5.73 Å². The number of rotatable bonds is 2. The van der Waals surface area contributed by atoms with E-state index in [-0.39, 0.29) is 0 Å². The van der Waals surface area contributed by atoms with Crippen LogP contribution < -0.4 is 5.73 Å². The minimum Gasteiger partial charge on any atom is -0.380 e. The van der Waals surface area contributed by atoms with Gasteiger partial charge in [0.1, 0.15) is 0 Å². The second-order valence-corrected chi connectivity index (χ2v) is 4.67. The van der Waals surface area contributed by atoms with Crippen LogP contribution >= 0.6 is 0 Å². The molecule has 3 nitrogen and oxygen atoms in total. The van der Waals surface area contributed by atoms with Gasteiger partial charge >= 0.3 is 0 Å². The van der Waals surface area contributed by atoms with Gasteiger partial charge in [0.2, 0.25) is 0 Å². The van der Waals surface area contributed by atoms with E-state index in [1.807, 2.05) is 7.11 Å². The fraction of sp³-hybridized carbons (Fsp3) is 1.00. The molecule has 0 aromatic rings. The normalized spacial score (nSPS) is 40.3. The summed E-state index contributed by atoms with van der Waals surface area (Å²) in [6.07, 6.45) is 6.75. The summed E-state index contributed by atoms with van der Waals surface area (Å²) in [4.78, 5) is 2.55. The number of likely N-dealkylation sites (tertiary alicyclic amines) is 1. The molecule has 1 saturated heterocycles. The third kappa shape index (κ3) is 2.10. The number of ether oxygens (including phenoxy) is 1. The van der Waals surface area contributed by atoms with E-state index in [1.165, 1.54) is 38.6 Å². The van der Waals surface area contributed by atoms with Gasteiger partial charge in [-0.1, -0.05) is 0 Å². The van der Waals surface area contributed by atoms with Crippen LogP contribution in [0.1, 0.15) is 32.1 Å². The maximum atomic E-state index is 6.00. The third-order valence-electron chi connectivity index (χ3n) is 3.68. The number of methoxy groups -OCH3 is 1. The second kappa shape index (κ2) is 4.60. The molecule has 0 spiro atoms. The predicted molar refractivity (Wildman–Crippen MR) is 57.2 cm³/mol. The zero-order valence-corrected chi connectivity index (χ0v) is 9.11. The molecule has 2 fully saturated rings. The van der Waals surface area contributed by atoms with Crippen molar-refractivity contribution in [2.45, 2.75) is 50.3 Å². The average molecular weight is 198 g/mol. The van der Waals surface area contributed by atoms with Gasteiger partial charge in [0.15, 0.2) is 0 Å². The van der Waals surface area contributed by atoms with Crippen LogP contribution in [0.5, 0.6) is 0 Å². The number of hydrogen-bond donors (Lipinski definition) is 1. The van der Waals surface area contributed by atoms with E-state index in [4.69, 9.17) is 10.5 Å². The summed E-state index contributed by atoms with van der Waals surface area (Å²) in [5, 5.41) is 0. The summed E-state index contributed by atoms with van der Waals surface area (Å²) in [6, 6.07) is 1.04. The lowest BCUT2D eigenvalue weighted by Crippen LogP contribution is -2.50. The fourth-order valence-electron chi connectivity index (χ4n) is 2.94. The lowest BCUT2D eigenvalue weighted by molar-refractivity contribution is 0.0221. The Morgan fingerprint density at radius 3 is 2.79 bits per heavy atom. The van der Waals surface area contributed by atoms with Crippen molar-refractivity contribution in [3.63, 3.8) is 0 Å². The smallest absolute Gasteiger partial charge is 0.0726 e. The molecular formula is C11H22N2O. The molecule has 3 heteroatoms. The zero-order valence-electron chi connectivity index (χ0n) is 9.11. The minimum absolute atomic E-state index is 0.391. The highest BCUT2D eigenvalue weighted by molar-refractivity contribution is 4.89. The zero-order chi connectivity index (χ0) is 9.97. The largest absolute Gasteiger partial charge is 0.380 e. The SMILES string of the molecule is COC1CCCC1N1CCCC(N)C1. The maximum absolute atomic E-state index is 6.00. The Bertz CT molecular complexity index is 186. The monoisotopic (exact) mass is 198 g/mol. The van der Waals surface area contributed by atoms with Crippen LogP contribution in [0.4, 0.5) is 0 Å². The van der Waals surface area contributed by atoms with E-state index in [9.17, 15) is 0 Å². The predicted octanol–water partition coefficient (Wildman–Crippen LogP) is 0.977. The molecule has 1 saturated carbocycles. The lowest BCUT2D eigenvalue weighted by atomic mass is 10.0. The van der Waals surface area contributed by atoms with E-state index >= 15 is 0 Å². The highest BCUT2D eigenvalue weighted by Crippen LogP contribution is 2.28. The van der Waals surface area contributed by atoms with E-state index in [0.29, 0.717) is 18.2 Å². The van der Waals surface area contributed by atoms with E-state index in [1.54, 1.807) is 0 Å². The number of piperidine rings is 1. The summed E-state index contributed by atoms with van der Waals surface area (Å²) < 4.78 is 5.53. The van der Waals surface area contributed by atoms with Gasteiger partial charge in [0.05, 0.1) is 6.10 Å². The third-order valence-corrected chi connectivity index (χ3v) is 3.68. The molecular weight excluding hydrogens is 176 g/mol. The summed E-state index contributed by atoms with van der Waals surface area (Å²) in [7, 11) is 1.84. The van der Waals surface area contributed by atoms with Crippen LogP contribution in [0.2, 0.25) is 0 Å². The Hall–Kier alpha value is -0.120. The van der Waals surface area contributed by atoms with Crippen LogP contribution in [-0.4, -0.2) is 43.3 Å². The quantitative estimate of drug-likeness (QED) is 0.719. The number of nitrogens with zero attached hydrogens (tertiary/aromatic N) is 1. The fourth-order valence-corrected chi connectivity index (χ4v) is 2.94. The van der Waals surface area contributed by atoms with Gasteiger partial charge < -0.3 is 10.5 Å². The van der Waals surface area contributed by atoms with E-state index < -0.39 is 0 Å². The molecule has 2 rings (SSSR count). The molecule has 0 aromatic heterocycles. The van der Waals surface area contributed by atoms with Crippen molar-refractivity contribution in [2.75, 3.05) is 20.2 Å². The standard InChI is InChI=1S/C11H22N2O/c1-14-11-6-2-5-10(11)13-7-3-4-9(12)8-13/h9-11H,2-8,12H2,1H3. The van der Waals surface area contributed by atoms with Crippen molar-refractivity contribution < 1.29 is 4.74 Å².